The Labute approximate surface area is 173 Å². The number of carbonyl (C=O) groups excluding carboxylic acids is 1. The summed E-state index contributed by atoms with van der Waals surface area (Å²) in [4.78, 5) is 18.0. The number of amides is 1. The fourth-order valence-electron chi connectivity index (χ4n) is 5.27. The molecule has 29 heavy (non-hydrogen) atoms. The molecule has 5 heteroatoms. The second-order valence-electron chi connectivity index (χ2n) is 9.09. The highest BCUT2D eigenvalue weighted by Crippen LogP contribution is 2.45. The highest BCUT2D eigenvalue weighted by Gasteiger charge is 2.48. The Morgan fingerprint density at radius 1 is 1.21 bits per heavy atom. The zero-order valence-corrected chi connectivity index (χ0v) is 17.3. The molecular weight excluding hydrogens is 362 g/mol. The molecule has 154 valence electrons. The lowest BCUT2D eigenvalue weighted by Gasteiger charge is -2.27. The summed E-state index contributed by atoms with van der Waals surface area (Å²) in [6.45, 7) is 6.87. The van der Waals surface area contributed by atoms with Gasteiger partial charge in [0, 0.05) is 39.2 Å². The SMILES string of the molecule is CC(=O)Nc1ccc(C(C)CN2C[C@@H]3CC(O)(Cc4ccccc4)C[C@@H]3C2)cn1. The Morgan fingerprint density at radius 2 is 1.90 bits per heavy atom. The van der Waals surface area contributed by atoms with Gasteiger partial charge in [-0.2, -0.15) is 0 Å². The first-order valence-corrected chi connectivity index (χ1v) is 10.6. The van der Waals surface area contributed by atoms with Crippen molar-refractivity contribution < 1.29 is 9.90 Å². The number of hydrogen-bond acceptors (Lipinski definition) is 4. The van der Waals surface area contributed by atoms with Gasteiger partial charge in [0.25, 0.3) is 0 Å². The predicted octanol–water partition coefficient (Wildman–Crippen LogP) is 3.46. The second kappa shape index (κ2) is 8.25. The van der Waals surface area contributed by atoms with E-state index in [2.05, 4.69) is 52.5 Å². The molecule has 2 fully saturated rings. The summed E-state index contributed by atoms with van der Waals surface area (Å²) in [5, 5.41) is 13.8. The van der Waals surface area contributed by atoms with Crippen LogP contribution in [0.4, 0.5) is 5.82 Å². The molecule has 5 nitrogen and oxygen atoms in total. The van der Waals surface area contributed by atoms with Gasteiger partial charge in [0.1, 0.15) is 5.82 Å². The number of likely N-dealkylation sites (tertiary alicyclic amines) is 1. The average molecular weight is 394 g/mol. The van der Waals surface area contributed by atoms with Crippen molar-refractivity contribution in [3.63, 3.8) is 0 Å². The summed E-state index contributed by atoms with van der Waals surface area (Å²) in [5.74, 6) is 2.07. The molecular formula is C24H31N3O2. The molecule has 2 aliphatic rings. The highest BCUT2D eigenvalue weighted by atomic mass is 16.3. The van der Waals surface area contributed by atoms with Gasteiger partial charge in [-0.3, -0.25) is 4.79 Å². The molecule has 1 aromatic carbocycles. The van der Waals surface area contributed by atoms with E-state index in [0.717, 1.165) is 38.9 Å². The molecule has 1 aliphatic carbocycles. The van der Waals surface area contributed by atoms with Gasteiger partial charge in [0.15, 0.2) is 0 Å². The third kappa shape index (κ3) is 4.85. The average Bonchev–Trinajstić information content (AvgIpc) is 3.16. The van der Waals surface area contributed by atoms with Crippen LogP contribution < -0.4 is 5.32 Å². The van der Waals surface area contributed by atoms with Crippen LogP contribution in [0.3, 0.4) is 0 Å². The number of nitrogens with one attached hydrogen (secondary N) is 1. The van der Waals surface area contributed by atoms with E-state index in [-0.39, 0.29) is 5.91 Å². The standard InChI is InChI=1S/C24H31N3O2/c1-17(20-8-9-23(25-13-20)26-18(2)28)14-27-15-21-11-24(29,12-22(21)16-27)10-19-6-4-3-5-7-19/h3-9,13,17,21-22,29H,10-12,14-16H2,1-2H3,(H,25,26,28)/t17?,21-,22+,24?. The number of aliphatic hydroxyl groups is 1. The first-order chi connectivity index (χ1) is 13.9. The molecule has 1 saturated carbocycles. The maximum absolute atomic E-state index is 11.1. The van der Waals surface area contributed by atoms with Gasteiger partial charge in [-0.05, 0) is 47.8 Å². The highest BCUT2D eigenvalue weighted by molar-refractivity contribution is 5.87. The molecule has 0 radical (unpaired) electrons. The minimum Gasteiger partial charge on any atom is -0.390 e. The Kier molecular flexibility index (Phi) is 5.70. The first-order valence-electron chi connectivity index (χ1n) is 10.6. The molecule has 2 N–H and O–H groups in total. The molecule has 1 saturated heterocycles. The number of hydrogen-bond donors (Lipinski definition) is 2. The van der Waals surface area contributed by atoms with Gasteiger partial charge in [-0.25, -0.2) is 4.98 Å². The van der Waals surface area contributed by atoms with Crippen molar-refractivity contribution in [1.82, 2.24) is 9.88 Å². The van der Waals surface area contributed by atoms with Gasteiger partial charge in [-0.1, -0.05) is 43.3 Å². The summed E-state index contributed by atoms with van der Waals surface area (Å²) in [6.07, 6.45) is 4.45. The largest absolute Gasteiger partial charge is 0.390 e. The molecule has 1 amide bonds. The maximum atomic E-state index is 11.1. The van der Waals surface area contributed by atoms with E-state index in [0.29, 0.717) is 23.6 Å². The van der Waals surface area contributed by atoms with Crippen LogP contribution >= 0.6 is 0 Å². The van der Waals surface area contributed by atoms with Crippen molar-refractivity contribution in [3.8, 4) is 0 Å². The van der Waals surface area contributed by atoms with Crippen molar-refractivity contribution >= 4 is 11.7 Å². The van der Waals surface area contributed by atoms with E-state index < -0.39 is 5.60 Å². The van der Waals surface area contributed by atoms with E-state index in [1.165, 1.54) is 18.1 Å². The molecule has 1 aromatic heterocycles. The summed E-state index contributed by atoms with van der Waals surface area (Å²) in [5.41, 5.74) is 1.88. The predicted molar refractivity (Wildman–Crippen MR) is 115 cm³/mol. The summed E-state index contributed by atoms with van der Waals surface area (Å²) in [7, 11) is 0. The third-order valence-electron chi connectivity index (χ3n) is 6.50. The number of anilines is 1. The molecule has 4 atom stereocenters. The van der Waals surface area contributed by atoms with Crippen molar-refractivity contribution in [2.24, 2.45) is 11.8 Å². The smallest absolute Gasteiger partial charge is 0.222 e. The Bertz CT molecular complexity index is 823. The number of pyridine rings is 1. The lowest BCUT2D eigenvalue weighted by Crippen LogP contribution is -2.33. The Morgan fingerprint density at radius 3 is 2.48 bits per heavy atom. The van der Waals surface area contributed by atoms with Crippen LogP contribution in [0.25, 0.3) is 0 Å². The zero-order valence-electron chi connectivity index (χ0n) is 17.3. The van der Waals surface area contributed by atoms with Gasteiger partial charge >= 0.3 is 0 Å². The van der Waals surface area contributed by atoms with Crippen molar-refractivity contribution in [2.45, 2.75) is 44.6 Å². The molecule has 0 bridgehead atoms. The van der Waals surface area contributed by atoms with Gasteiger partial charge in [0.05, 0.1) is 5.60 Å². The topological polar surface area (TPSA) is 65.5 Å². The van der Waals surface area contributed by atoms with Gasteiger partial charge < -0.3 is 15.3 Å². The lowest BCUT2D eigenvalue weighted by atomic mass is 9.91. The number of rotatable bonds is 6. The fraction of sp³-hybridized carbons (Fsp3) is 0.500. The molecule has 0 spiro atoms. The third-order valence-corrected chi connectivity index (χ3v) is 6.50. The summed E-state index contributed by atoms with van der Waals surface area (Å²) < 4.78 is 0. The van der Waals surface area contributed by atoms with Gasteiger partial charge in [0.2, 0.25) is 5.91 Å². The van der Waals surface area contributed by atoms with Crippen LogP contribution in [-0.2, 0) is 11.2 Å². The molecule has 2 aromatic rings. The van der Waals surface area contributed by atoms with Crippen LogP contribution in [0, 0.1) is 11.8 Å². The molecule has 1 aliphatic heterocycles. The summed E-state index contributed by atoms with van der Waals surface area (Å²) in [6, 6.07) is 14.3. The quantitative estimate of drug-likeness (QED) is 0.789. The van der Waals surface area contributed by atoms with E-state index in [1.807, 2.05) is 18.3 Å². The molecule has 4 rings (SSSR count). The molecule has 2 unspecified atom stereocenters. The van der Waals surface area contributed by atoms with E-state index >= 15 is 0 Å². The number of nitrogens with zero attached hydrogens (tertiary/aromatic N) is 2. The van der Waals surface area contributed by atoms with Crippen LogP contribution in [0.2, 0.25) is 0 Å². The normalized spacial score (nSPS) is 27.6. The van der Waals surface area contributed by atoms with Crippen LogP contribution in [0.15, 0.2) is 48.7 Å². The number of benzene rings is 1. The first kappa shape index (κ1) is 20.0. The minimum absolute atomic E-state index is 0.103. The van der Waals surface area contributed by atoms with Crippen LogP contribution in [-0.4, -0.2) is 46.1 Å². The zero-order chi connectivity index (χ0) is 20.4. The van der Waals surface area contributed by atoms with Crippen molar-refractivity contribution in [1.29, 1.82) is 0 Å². The van der Waals surface area contributed by atoms with Gasteiger partial charge in [-0.15, -0.1) is 0 Å². The molecule has 2 heterocycles. The van der Waals surface area contributed by atoms with E-state index in [9.17, 15) is 9.90 Å². The number of fused-ring (bicyclic) bond motifs is 1. The summed E-state index contributed by atoms with van der Waals surface area (Å²) >= 11 is 0. The fourth-order valence-corrected chi connectivity index (χ4v) is 5.27. The Hall–Kier alpha value is -2.24. The number of carbonyl (C=O) groups is 1. The van der Waals surface area contributed by atoms with Crippen molar-refractivity contribution in [3.05, 3.63) is 59.8 Å². The second-order valence-corrected chi connectivity index (χ2v) is 9.09. The van der Waals surface area contributed by atoms with Crippen LogP contribution in [0.5, 0.6) is 0 Å². The van der Waals surface area contributed by atoms with Crippen molar-refractivity contribution in [2.75, 3.05) is 25.0 Å². The Balaban J connectivity index is 1.29. The van der Waals surface area contributed by atoms with E-state index in [4.69, 9.17) is 0 Å². The van der Waals surface area contributed by atoms with E-state index in [1.54, 1.807) is 0 Å². The monoisotopic (exact) mass is 393 g/mol. The van der Waals surface area contributed by atoms with Crippen LogP contribution in [0.1, 0.15) is 43.7 Å². The number of aromatic nitrogens is 1. The maximum Gasteiger partial charge on any atom is 0.222 e. The lowest BCUT2D eigenvalue weighted by molar-refractivity contribution is -0.114. The minimum atomic E-state index is -0.544.